The molecule has 0 saturated carbocycles. The second-order valence-electron chi connectivity index (χ2n) is 12.9. The molecule has 4 aliphatic rings. The SMILES string of the molecule is [2H]C([2H])(Oc1nc(N2C[C@H]3CC[C@@H](C2)N3)c2cc(C(F)(F)F)n(-c3cc(O)cc4ccc(F)c(C#C)c34)c(=O)c2n1)[C@@]12CCCN1C[C@]([2H])(F)C2. The number of nitrogens with one attached hydrogen (secondary N) is 1. The first-order chi connectivity index (χ1) is 24.0. The van der Waals surface area contributed by atoms with Gasteiger partial charge in [0, 0.05) is 49.6 Å². The number of hydrogen-bond acceptors (Lipinski definition) is 8. The van der Waals surface area contributed by atoms with E-state index in [9.17, 15) is 14.3 Å². The highest BCUT2D eigenvalue weighted by molar-refractivity contribution is 5.97. The van der Waals surface area contributed by atoms with Crippen molar-refractivity contribution in [3.63, 3.8) is 0 Å². The molecule has 2 aromatic heterocycles. The molecule has 2 aromatic carbocycles. The van der Waals surface area contributed by atoms with Crippen LogP contribution in [0.4, 0.5) is 27.8 Å². The van der Waals surface area contributed by atoms with Gasteiger partial charge >= 0.3 is 12.2 Å². The monoisotopic (exact) mass is 669 g/mol. The van der Waals surface area contributed by atoms with Crippen LogP contribution in [0.3, 0.4) is 0 Å². The molecule has 0 spiro atoms. The zero-order valence-electron chi connectivity index (χ0n) is 28.4. The van der Waals surface area contributed by atoms with Gasteiger partial charge < -0.3 is 20.1 Å². The van der Waals surface area contributed by atoms with E-state index in [1.807, 2.05) is 0 Å². The Balaban J connectivity index is 1.39. The zero-order chi connectivity index (χ0) is 36.2. The molecule has 0 radical (unpaired) electrons. The first kappa shape index (κ1) is 27.5. The first-order valence-corrected chi connectivity index (χ1v) is 15.6. The molecule has 14 heteroatoms. The number of halogens is 5. The predicted octanol–water partition coefficient (Wildman–Crippen LogP) is 4.67. The maximum atomic E-state index is 15.0. The fourth-order valence-corrected chi connectivity index (χ4v) is 7.81. The van der Waals surface area contributed by atoms with Crippen LogP contribution in [-0.2, 0) is 6.18 Å². The molecule has 4 fully saturated rings. The summed E-state index contributed by atoms with van der Waals surface area (Å²) in [6.45, 7) is -2.10. The maximum Gasteiger partial charge on any atom is 0.431 e. The number of aromatic hydroxyl groups is 1. The Morgan fingerprint density at radius 1 is 1.19 bits per heavy atom. The van der Waals surface area contributed by atoms with Crippen molar-refractivity contribution in [3.8, 4) is 29.8 Å². The Morgan fingerprint density at radius 2 is 1.96 bits per heavy atom. The third-order valence-corrected chi connectivity index (χ3v) is 9.86. The van der Waals surface area contributed by atoms with Crippen molar-refractivity contribution < 1.29 is 35.9 Å². The van der Waals surface area contributed by atoms with Crippen LogP contribution in [0.1, 0.15) is 47.5 Å². The van der Waals surface area contributed by atoms with E-state index < -0.39 is 76.4 Å². The van der Waals surface area contributed by atoms with Gasteiger partial charge in [0.1, 0.15) is 41.3 Å². The highest BCUT2D eigenvalue weighted by atomic mass is 19.4. The third kappa shape index (κ3) is 4.94. The van der Waals surface area contributed by atoms with E-state index in [2.05, 4.69) is 21.2 Å². The van der Waals surface area contributed by atoms with Crippen LogP contribution in [0.15, 0.2) is 35.1 Å². The predicted molar refractivity (Wildman–Crippen MR) is 168 cm³/mol. The van der Waals surface area contributed by atoms with Gasteiger partial charge in [-0.15, -0.1) is 6.42 Å². The number of nitrogens with zero attached hydrogens (tertiary/aromatic N) is 5. The van der Waals surface area contributed by atoms with Crippen LogP contribution in [-0.4, -0.2) is 81.0 Å². The number of phenols is 1. The lowest BCUT2D eigenvalue weighted by Gasteiger charge is -2.34. The standard InChI is InChI=1S/C34H31F5N6O3/c1-2-23-25(36)7-4-18-10-22(46)11-26(28(18)23)45-27(34(37,38)39)12-24-29(31(45)47)41-32(42-30(24)43-15-20-5-6-21(16-43)40-20)48-17-33-8-3-9-44(33)14-19(35)13-33/h1,4,7,10-12,19-21,40,46H,3,5-6,8-9,13-17H2/t19-,20-,21+,33+/m1/s1/i17D2,19D. The van der Waals surface area contributed by atoms with E-state index in [1.54, 1.807) is 4.90 Å². The van der Waals surface area contributed by atoms with Crippen molar-refractivity contribution >= 4 is 27.5 Å². The first-order valence-electron chi connectivity index (χ1n) is 17.1. The fourth-order valence-electron chi connectivity index (χ4n) is 7.81. The summed E-state index contributed by atoms with van der Waals surface area (Å²) < 4.78 is 107. The number of hydrogen-bond donors (Lipinski definition) is 2. The van der Waals surface area contributed by atoms with Gasteiger partial charge in [0.2, 0.25) is 0 Å². The van der Waals surface area contributed by atoms with Crippen LogP contribution in [0.2, 0.25) is 0 Å². The molecular weight excluding hydrogens is 635 g/mol. The molecule has 4 atom stereocenters. The van der Waals surface area contributed by atoms with Gasteiger partial charge in [0.25, 0.3) is 5.56 Å². The summed E-state index contributed by atoms with van der Waals surface area (Å²) in [5.74, 6) is 0.576. The Kier molecular flexibility index (Phi) is 6.31. The summed E-state index contributed by atoms with van der Waals surface area (Å²) in [4.78, 5) is 26.4. The number of pyridine rings is 1. The molecule has 48 heavy (non-hydrogen) atoms. The van der Waals surface area contributed by atoms with Crippen LogP contribution >= 0.6 is 0 Å². The Labute approximate surface area is 275 Å². The average Bonchev–Trinajstić information content (AvgIpc) is 3.69. The van der Waals surface area contributed by atoms with Crippen molar-refractivity contribution in [2.24, 2.45) is 0 Å². The fraction of sp³-hybridized carbons (Fsp3) is 0.441. The van der Waals surface area contributed by atoms with E-state index in [4.69, 9.17) is 15.3 Å². The minimum absolute atomic E-state index is 0.0260. The van der Waals surface area contributed by atoms with Crippen molar-refractivity contribution in [1.29, 1.82) is 0 Å². The minimum Gasteiger partial charge on any atom is -0.508 e. The molecule has 2 bridgehead atoms. The number of ether oxygens (including phenoxy) is 1. The van der Waals surface area contributed by atoms with Crippen LogP contribution < -0.4 is 20.5 Å². The molecule has 2 N–H and O–H groups in total. The summed E-state index contributed by atoms with van der Waals surface area (Å²) in [5, 5.41) is 13.5. The second-order valence-corrected chi connectivity index (χ2v) is 12.9. The number of piperazine rings is 1. The van der Waals surface area contributed by atoms with Gasteiger partial charge in [-0.2, -0.15) is 23.1 Å². The molecule has 0 aliphatic carbocycles. The summed E-state index contributed by atoms with van der Waals surface area (Å²) in [6.07, 6.45) is -0.284. The molecule has 4 aliphatic heterocycles. The summed E-state index contributed by atoms with van der Waals surface area (Å²) in [6, 6.07) is 4.22. The van der Waals surface area contributed by atoms with Gasteiger partial charge in [-0.25, -0.2) is 8.78 Å². The molecule has 4 aromatic rings. The lowest BCUT2D eigenvalue weighted by atomic mass is 9.95. The number of benzene rings is 2. The minimum atomic E-state index is -5.18. The lowest BCUT2D eigenvalue weighted by Crippen LogP contribution is -2.51. The number of aromatic nitrogens is 3. The highest BCUT2D eigenvalue weighted by Gasteiger charge is 2.49. The lowest BCUT2D eigenvalue weighted by molar-refractivity contribution is -0.142. The Morgan fingerprint density at radius 3 is 2.69 bits per heavy atom. The van der Waals surface area contributed by atoms with E-state index >= 15 is 17.6 Å². The number of terminal acetylenes is 1. The largest absolute Gasteiger partial charge is 0.508 e. The van der Waals surface area contributed by atoms with Gasteiger partial charge in [0.05, 0.1) is 26.3 Å². The number of phenolic OH excluding ortho intramolecular Hbond substituents is 1. The normalized spacial score (nSPS) is 28.3. The molecular formula is C34H31F5N6O3. The third-order valence-electron chi connectivity index (χ3n) is 9.86. The average molecular weight is 670 g/mol. The molecule has 9 nitrogen and oxygen atoms in total. The molecule has 0 unspecified atom stereocenters. The van der Waals surface area contributed by atoms with E-state index in [-0.39, 0.29) is 51.6 Å². The second kappa shape index (κ2) is 11.0. The Hall–Kier alpha value is -4.48. The van der Waals surface area contributed by atoms with Gasteiger partial charge in [-0.1, -0.05) is 12.0 Å². The van der Waals surface area contributed by atoms with Crippen LogP contribution in [0, 0.1) is 18.2 Å². The van der Waals surface area contributed by atoms with Crippen molar-refractivity contribution in [2.45, 2.75) is 62.1 Å². The van der Waals surface area contributed by atoms with Crippen molar-refractivity contribution in [3.05, 3.63) is 57.8 Å². The molecule has 0 amide bonds. The van der Waals surface area contributed by atoms with E-state index in [0.717, 1.165) is 25.0 Å². The van der Waals surface area contributed by atoms with Gasteiger partial charge in [-0.3, -0.25) is 14.3 Å². The molecule has 250 valence electrons. The van der Waals surface area contributed by atoms with E-state index in [1.165, 1.54) is 17.0 Å². The smallest absolute Gasteiger partial charge is 0.431 e. The topological polar surface area (TPSA) is 95.8 Å². The number of rotatable bonds is 5. The number of fused-ring (bicyclic) bond motifs is 5. The zero-order valence-corrected chi connectivity index (χ0v) is 25.4. The van der Waals surface area contributed by atoms with Crippen LogP contribution in [0.25, 0.3) is 27.4 Å². The van der Waals surface area contributed by atoms with Gasteiger partial charge in [-0.05, 0) is 55.8 Å². The summed E-state index contributed by atoms with van der Waals surface area (Å²) >= 11 is 0. The highest BCUT2D eigenvalue weighted by Crippen LogP contribution is 2.42. The van der Waals surface area contributed by atoms with Crippen molar-refractivity contribution in [2.75, 3.05) is 37.6 Å². The molecule has 6 heterocycles. The number of alkyl halides is 4. The quantitative estimate of drug-likeness (QED) is 0.234. The maximum absolute atomic E-state index is 15.0. The van der Waals surface area contributed by atoms with E-state index in [0.29, 0.717) is 32.1 Å². The number of anilines is 1. The van der Waals surface area contributed by atoms with Crippen molar-refractivity contribution in [1.82, 2.24) is 24.8 Å². The van der Waals surface area contributed by atoms with Gasteiger partial charge in [0.15, 0.2) is 0 Å². The summed E-state index contributed by atoms with van der Waals surface area (Å²) in [5.41, 5.74) is -5.96. The summed E-state index contributed by atoms with van der Waals surface area (Å²) in [7, 11) is 0. The Bertz CT molecular complexity index is 2220. The van der Waals surface area contributed by atoms with Crippen LogP contribution in [0.5, 0.6) is 11.8 Å². The molecule has 8 rings (SSSR count). The molecule has 4 saturated heterocycles.